The van der Waals surface area contributed by atoms with E-state index < -0.39 is 23.3 Å². The molecule has 38 heavy (non-hydrogen) atoms. The van der Waals surface area contributed by atoms with Crippen molar-refractivity contribution in [1.29, 1.82) is 0 Å². The molecule has 0 aliphatic rings. The van der Waals surface area contributed by atoms with Crippen LogP contribution in [0.1, 0.15) is 47.5 Å². The summed E-state index contributed by atoms with van der Waals surface area (Å²) in [5, 5.41) is 14.3. The van der Waals surface area contributed by atoms with Crippen LogP contribution in [0, 0.1) is 6.92 Å². The molecule has 4 nitrogen and oxygen atoms in total. The minimum atomic E-state index is -4.38. The lowest BCUT2D eigenvalue weighted by molar-refractivity contribution is -0.154. The Bertz CT molecular complexity index is 1400. The predicted molar refractivity (Wildman–Crippen MR) is 147 cm³/mol. The van der Waals surface area contributed by atoms with E-state index in [1.165, 1.54) is 23.5 Å². The van der Waals surface area contributed by atoms with Gasteiger partial charge in [0.05, 0.1) is 11.3 Å². The largest absolute Gasteiger partial charge is 0.478 e. The Hall–Kier alpha value is -2.82. The summed E-state index contributed by atoms with van der Waals surface area (Å²) in [5.74, 6) is 0.158. The maximum absolute atomic E-state index is 13.0. The fourth-order valence-corrected chi connectivity index (χ4v) is 6.48. The molecule has 2 aromatic heterocycles. The minimum Gasteiger partial charge on any atom is -0.478 e. The van der Waals surface area contributed by atoms with E-state index in [9.17, 15) is 23.1 Å². The molecule has 200 valence electrons. The second-order valence-electron chi connectivity index (χ2n) is 8.98. The Morgan fingerprint density at radius 2 is 1.87 bits per heavy atom. The zero-order valence-corrected chi connectivity index (χ0v) is 23.4. The van der Waals surface area contributed by atoms with Gasteiger partial charge in [0, 0.05) is 27.5 Å². The average molecular weight is 578 g/mol. The highest BCUT2D eigenvalue weighted by Gasteiger charge is 2.34. The highest BCUT2D eigenvalue weighted by atomic mass is 32.2. The second-order valence-corrected chi connectivity index (χ2v) is 11.9. The van der Waals surface area contributed by atoms with E-state index in [0.717, 1.165) is 38.7 Å². The number of thiophene rings is 1. The summed E-state index contributed by atoms with van der Waals surface area (Å²) < 4.78 is 44.8. The molecule has 1 atom stereocenters. The van der Waals surface area contributed by atoms with Crippen molar-refractivity contribution in [2.24, 2.45) is 0 Å². The molecular formula is C28H26F3NO3S3. The van der Waals surface area contributed by atoms with E-state index in [1.807, 2.05) is 30.5 Å². The van der Waals surface area contributed by atoms with Crippen molar-refractivity contribution in [3.05, 3.63) is 86.6 Å². The smallest absolute Gasteiger partial charge is 0.416 e. The molecule has 0 amide bonds. The van der Waals surface area contributed by atoms with Crippen LogP contribution in [0.3, 0.4) is 0 Å². The Balaban J connectivity index is 1.55. The lowest BCUT2D eigenvalue weighted by Crippen LogP contribution is -2.40. The number of aryl methyl sites for hydroxylation is 1. The number of aromatic nitrogens is 1. The zero-order valence-electron chi connectivity index (χ0n) is 21.0. The molecule has 0 radical (unpaired) electrons. The Labute approximate surface area is 231 Å². The molecule has 1 unspecified atom stereocenters. The summed E-state index contributed by atoms with van der Waals surface area (Å²) >= 11 is 4.72. The van der Waals surface area contributed by atoms with Gasteiger partial charge in [0.2, 0.25) is 5.60 Å². The van der Waals surface area contributed by atoms with E-state index in [1.54, 1.807) is 43.0 Å². The molecule has 4 aromatic rings. The first-order chi connectivity index (χ1) is 18.0. The van der Waals surface area contributed by atoms with Crippen LogP contribution in [0.25, 0.3) is 10.6 Å². The predicted octanol–water partition coefficient (Wildman–Crippen LogP) is 8.71. The first-order valence-corrected chi connectivity index (χ1v) is 14.6. The SMILES string of the molecule is CCC(C)(Oc1ccc(SCc2sc(-c3ccc(C(F)(F)F)cc3)nc2Cc2ccsc2)cc1C)C(=O)O. The van der Waals surface area contributed by atoms with Crippen LogP contribution in [0.15, 0.2) is 64.2 Å². The van der Waals surface area contributed by atoms with Crippen LogP contribution >= 0.6 is 34.4 Å². The van der Waals surface area contributed by atoms with Crippen molar-refractivity contribution in [1.82, 2.24) is 4.98 Å². The van der Waals surface area contributed by atoms with Crippen molar-refractivity contribution >= 4 is 40.4 Å². The van der Waals surface area contributed by atoms with Crippen LogP contribution in [0.4, 0.5) is 13.2 Å². The highest BCUT2D eigenvalue weighted by molar-refractivity contribution is 7.98. The number of thioether (sulfide) groups is 1. The summed E-state index contributed by atoms with van der Waals surface area (Å²) in [6, 6.07) is 12.8. The van der Waals surface area contributed by atoms with Crippen molar-refractivity contribution < 1.29 is 27.8 Å². The average Bonchev–Trinajstić information content (AvgIpc) is 3.54. The van der Waals surface area contributed by atoms with Gasteiger partial charge in [0.1, 0.15) is 10.8 Å². The molecule has 0 aliphatic carbocycles. The third kappa shape index (κ3) is 6.59. The van der Waals surface area contributed by atoms with Gasteiger partial charge in [-0.3, -0.25) is 0 Å². The molecule has 0 saturated heterocycles. The van der Waals surface area contributed by atoms with Crippen molar-refractivity contribution in [3.63, 3.8) is 0 Å². The fourth-order valence-electron chi connectivity index (χ4n) is 3.63. The van der Waals surface area contributed by atoms with Gasteiger partial charge in [-0.15, -0.1) is 23.1 Å². The van der Waals surface area contributed by atoms with Crippen molar-refractivity contribution in [2.45, 2.75) is 56.0 Å². The number of nitrogens with zero attached hydrogens (tertiary/aromatic N) is 1. The van der Waals surface area contributed by atoms with Gasteiger partial charge >= 0.3 is 12.1 Å². The van der Waals surface area contributed by atoms with Gasteiger partial charge in [0.25, 0.3) is 0 Å². The monoisotopic (exact) mass is 577 g/mol. The molecule has 1 N–H and O–H groups in total. The number of hydrogen-bond acceptors (Lipinski definition) is 6. The molecule has 0 saturated carbocycles. The third-order valence-corrected chi connectivity index (χ3v) is 9.25. The van der Waals surface area contributed by atoms with Gasteiger partial charge in [-0.25, -0.2) is 9.78 Å². The van der Waals surface area contributed by atoms with E-state index >= 15 is 0 Å². The van der Waals surface area contributed by atoms with Crippen LogP contribution in [-0.2, 0) is 23.1 Å². The maximum atomic E-state index is 13.0. The van der Waals surface area contributed by atoms with Crippen molar-refractivity contribution in [3.8, 4) is 16.3 Å². The number of benzene rings is 2. The highest BCUT2D eigenvalue weighted by Crippen LogP contribution is 2.37. The number of hydrogen-bond donors (Lipinski definition) is 1. The van der Waals surface area contributed by atoms with E-state index in [2.05, 4.69) is 5.38 Å². The van der Waals surface area contributed by atoms with Gasteiger partial charge in [-0.05, 0) is 78.6 Å². The number of carboxylic acids is 1. The number of thiazole rings is 1. The second kappa shape index (κ2) is 11.5. The number of ether oxygens (including phenoxy) is 1. The number of carboxylic acid groups (broad SMARTS) is 1. The number of aliphatic carboxylic acids is 1. The van der Waals surface area contributed by atoms with Gasteiger partial charge in [-0.1, -0.05) is 19.1 Å². The summed E-state index contributed by atoms with van der Waals surface area (Å²) in [4.78, 5) is 18.5. The van der Waals surface area contributed by atoms with E-state index in [-0.39, 0.29) is 0 Å². The van der Waals surface area contributed by atoms with Crippen LogP contribution < -0.4 is 4.74 Å². The van der Waals surface area contributed by atoms with Crippen LogP contribution in [-0.4, -0.2) is 21.7 Å². The lowest BCUT2D eigenvalue weighted by atomic mass is 10.0. The van der Waals surface area contributed by atoms with Crippen LogP contribution in [0.2, 0.25) is 0 Å². The first-order valence-electron chi connectivity index (χ1n) is 11.8. The number of rotatable bonds is 10. The van der Waals surface area contributed by atoms with Gasteiger partial charge in [0.15, 0.2) is 0 Å². The Morgan fingerprint density at radius 1 is 1.13 bits per heavy atom. The van der Waals surface area contributed by atoms with E-state index in [0.29, 0.717) is 34.9 Å². The Morgan fingerprint density at radius 3 is 2.45 bits per heavy atom. The summed E-state index contributed by atoms with van der Waals surface area (Å²) in [6.07, 6.45) is -3.40. The summed E-state index contributed by atoms with van der Waals surface area (Å²) in [5.41, 5.74) is 1.56. The first kappa shape index (κ1) is 28.2. The number of halogens is 3. The molecule has 2 heterocycles. The molecule has 0 aliphatic heterocycles. The topological polar surface area (TPSA) is 59.4 Å². The molecule has 10 heteroatoms. The molecule has 4 rings (SSSR count). The molecule has 0 fully saturated rings. The van der Waals surface area contributed by atoms with Crippen molar-refractivity contribution in [2.75, 3.05) is 0 Å². The lowest BCUT2D eigenvalue weighted by Gasteiger charge is -2.26. The summed E-state index contributed by atoms with van der Waals surface area (Å²) in [6.45, 7) is 5.22. The standard InChI is InChI=1S/C28H26F3NO3S3/c1-4-27(3,26(33)34)35-23-10-9-21(13-17(23)2)37-16-24-22(14-18-11-12-36-15-18)32-25(38-24)19-5-7-20(8-6-19)28(29,30)31/h5-13,15H,4,14,16H2,1-3H3,(H,33,34). The Kier molecular flexibility index (Phi) is 8.54. The number of carbonyl (C=O) groups is 1. The third-order valence-electron chi connectivity index (χ3n) is 6.17. The molecule has 0 spiro atoms. The quantitative estimate of drug-likeness (QED) is 0.191. The number of alkyl halides is 3. The minimum absolute atomic E-state index is 0.331. The molecular weight excluding hydrogens is 552 g/mol. The van der Waals surface area contributed by atoms with Gasteiger partial charge < -0.3 is 9.84 Å². The zero-order chi connectivity index (χ0) is 27.5. The molecule has 0 bridgehead atoms. The van der Waals surface area contributed by atoms with E-state index in [4.69, 9.17) is 9.72 Å². The van der Waals surface area contributed by atoms with Gasteiger partial charge in [-0.2, -0.15) is 24.5 Å². The fraction of sp³-hybridized carbons (Fsp3) is 0.286. The summed E-state index contributed by atoms with van der Waals surface area (Å²) in [7, 11) is 0. The van der Waals surface area contributed by atoms with Crippen LogP contribution in [0.5, 0.6) is 5.75 Å². The normalized spacial score (nSPS) is 13.3. The molecule has 2 aromatic carbocycles. The maximum Gasteiger partial charge on any atom is 0.416 e.